The Morgan fingerprint density at radius 1 is 1.41 bits per heavy atom. The Morgan fingerprint density at radius 2 is 1.94 bits per heavy atom. The van der Waals surface area contributed by atoms with E-state index in [4.69, 9.17) is 5.11 Å². The Morgan fingerprint density at radius 3 is 2.29 bits per heavy atom. The summed E-state index contributed by atoms with van der Waals surface area (Å²) >= 11 is 0. The zero-order valence-corrected chi connectivity index (χ0v) is 11.4. The third-order valence-electron chi connectivity index (χ3n) is 3.50. The summed E-state index contributed by atoms with van der Waals surface area (Å²) in [4.78, 5) is 24.4. The lowest BCUT2D eigenvalue weighted by Gasteiger charge is -2.28. The maximum Gasteiger partial charge on any atom is 0.317 e. The van der Waals surface area contributed by atoms with Gasteiger partial charge in [0.1, 0.15) is 0 Å². The molecule has 0 fully saturated rings. The van der Waals surface area contributed by atoms with Crippen LogP contribution < -0.4 is 5.32 Å². The SMILES string of the molecule is CCC(C)N(C)C(=O)NCC(C)(CC)C(=O)O. The normalized spacial score (nSPS) is 15.8. The van der Waals surface area contributed by atoms with Crippen molar-refractivity contribution in [3.63, 3.8) is 0 Å². The molecular weight excluding hydrogens is 220 g/mol. The van der Waals surface area contributed by atoms with Gasteiger partial charge in [-0.3, -0.25) is 4.79 Å². The van der Waals surface area contributed by atoms with E-state index < -0.39 is 11.4 Å². The molecule has 0 saturated carbocycles. The molecule has 17 heavy (non-hydrogen) atoms. The van der Waals surface area contributed by atoms with Gasteiger partial charge in [-0.05, 0) is 26.7 Å². The lowest BCUT2D eigenvalue weighted by molar-refractivity contribution is -0.147. The number of urea groups is 1. The van der Waals surface area contributed by atoms with E-state index in [2.05, 4.69) is 5.32 Å². The summed E-state index contributed by atoms with van der Waals surface area (Å²) in [6.07, 6.45) is 1.35. The van der Waals surface area contributed by atoms with Gasteiger partial charge in [0, 0.05) is 19.6 Å². The Bertz CT molecular complexity index is 281. The third-order valence-corrected chi connectivity index (χ3v) is 3.50. The second-order valence-corrected chi connectivity index (χ2v) is 4.75. The van der Waals surface area contributed by atoms with Gasteiger partial charge < -0.3 is 15.3 Å². The molecule has 0 aromatic carbocycles. The Hall–Kier alpha value is -1.26. The summed E-state index contributed by atoms with van der Waals surface area (Å²) in [6.45, 7) is 7.55. The van der Waals surface area contributed by atoms with Gasteiger partial charge in [-0.25, -0.2) is 4.79 Å². The number of nitrogens with one attached hydrogen (secondary N) is 1. The van der Waals surface area contributed by atoms with Crippen molar-refractivity contribution in [1.29, 1.82) is 0 Å². The zero-order valence-electron chi connectivity index (χ0n) is 11.4. The van der Waals surface area contributed by atoms with Gasteiger partial charge in [-0.15, -0.1) is 0 Å². The number of carboxylic acid groups (broad SMARTS) is 1. The smallest absolute Gasteiger partial charge is 0.317 e. The molecular formula is C12H24N2O3. The van der Waals surface area contributed by atoms with Gasteiger partial charge >= 0.3 is 12.0 Å². The van der Waals surface area contributed by atoms with E-state index in [1.807, 2.05) is 13.8 Å². The number of hydrogen-bond donors (Lipinski definition) is 2. The highest BCUT2D eigenvalue weighted by molar-refractivity contribution is 5.77. The van der Waals surface area contributed by atoms with Crippen LogP contribution in [0.15, 0.2) is 0 Å². The van der Waals surface area contributed by atoms with Crippen LogP contribution in [0.1, 0.15) is 40.5 Å². The van der Waals surface area contributed by atoms with Crippen molar-refractivity contribution < 1.29 is 14.7 Å². The molecule has 0 aliphatic heterocycles. The van der Waals surface area contributed by atoms with Gasteiger partial charge in [0.15, 0.2) is 0 Å². The van der Waals surface area contributed by atoms with Gasteiger partial charge in [0.05, 0.1) is 5.41 Å². The molecule has 5 heteroatoms. The Balaban J connectivity index is 4.37. The fraction of sp³-hybridized carbons (Fsp3) is 0.833. The lowest BCUT2D eigenvalue weighted by atomic mass is 9.88. The molecule has 0 saturated heterocycles. The first-order chi connectivity index (χ1) is 7.78. The number of carbonyl (C=O) groups is 2. The molecule has 2 amide bonds. The Labute approximate surface area is 103 Å². The van der Waals surface area contributed by atoms with Crippen molar-refractivity contribution in [3.05, 3.63) is 0 Å². The van der Waals surface area contributed by atoms with E-state index in [9.17, 15) is 9.59 Å². The molecule has 5 nitrogen and oxygen atoms in total. The monoisotopic (exact) mass is 244 g/mol. The van der Waals surface area contributed by atoms with E-state index in [0.717, 1.165) is 6.42 Å². The van der Waals surface area contributed by atoms with Crippen LogP contribution in [0.25, 0.3) is 0 Å². The zero-order chi connectivity index (χ0) is 13.6. The number of carbonyl (C=O) groups excluding carboxylic acids is 1. The highest BCUT2D eigenvalue weighted by Gasteiger charge is 2.31. The molecule has 0 spiro atoms. The third kappa shape index (κ3) is 4.24. The van der Waals surface area contributed by atoms with Crippen LogP contribution in [0.3, 0.4) is 0 Å². The fourth-order valence-corrected chi connectivity index (χ4v) is 1.22. The van der Waals surface area contributed by atoms with Crippen molar-refractivity contribution >= 4 is 12.0 Å². The molecule has 100 valence electrons. The van der Waals surface area contributed by atoms with Crippen molar-refractivity contribution in [3.8, 4) is 0 Å². The molecule has 2 atom stereocenters. The van der Waals surface area contributed by atoms with E-state index in [-0.39, 0.29) is 18.6 Å². The van der Waals surface area contributed by atoms with E-state index in [0.29, 0.717) is 6.42 Å². The number of nitrogens with zero attached hydrogens (tertiary/aromatic N) is 1. The molecule has 0 bridgehead atoms. The number of hydrogen-bond acceptors (Lipinski definition) is 2. The number of rotatable bonds is 6. The summed E-state index contributed by atoms with van der Waals surface area (Å²) in [7, 11) is 1.72. The van der Waals surface area contributed by atoms with Crippen molar-refractivity contribution in [2.24, 2.45) is 5.41 Å². The standard InChI is InChI=1S/C12H24N2O3/c1-6-9(3)14(5)11(17)13-8-12(4,7-2)10(15)16/h9H,6-8H2,1-5H3,(H,13,17)(H,15,16). The fourth-order valence-electron chi connectivity index (χ4n) is 1.22. The largest absolute Gasteiger partial charge is 0.481 e. The van der Waals surface area contributed by atoms with E-state index >= 15 is 0 Å². The van der Waals surface area contributed by atoms with Crippen LogP contribution in [0, 0.1) is 5.41 Å². The topological polar surface area (TPSA) is 69.6 Å². The number of amides is 2. The highest BCUT2D eigenvalue weighted by atomic mass is 16.4. The van der Waals surface area contributed by atoms with Crippen LogP contribution in [-0.2, 0) is 4.79 Å². The molecule has 0 aliphatic rings. The van der Waals surface area contributed by atoms with Gasteiger partial charge in [-0.2, -0.15) is 0 Å². The van der Waals surface area contributed by atoms with Gasteiger partial charge in [0.2, 0.25) is 0 Å². The van der Waals surface area contributed by atoms with E-state index in [1.165, 1.54) is 0 Å². The molecule has 0 radical (unpaired) electrons. The minimum atomic E-state index is -0.897. The number of aliphatic carboxylic acids is 1. The average molecular weight is 244 g/mol. The molecule has 0 aromatic rings. The van der Waals surface area contributed by atoms with Crippen molar-refractivity contribution in [2.75, 3.05) is 13.6 Å². The summed E-state index contributed by atoms with van der Waals surface area (Å²) in [6, 6.07) is -0.0759. The first kappa shape index (κ1) is 15.7. The molecule has 0 heterocycles. The molecule has 2 N–H and O–H groups in total. The summed E-state index contributed by atoms with van der Waals surface area (Å²) in [5, 5.41) is 11.8. The number of carboxylic acids is 1. The van der Waals surface area contributed by atoms with Crippen LogP contribution in [0.2, 0.25) is 0 Å². The maximum atomic E-state index is 11.8. The predicted molar refractivity (Wildman–Crippen MR) is 66.9 cm³/mol. The molecule has 0 aromatic heterocycles. The van der Waals surface area contributed by atoms with Gasteiger partial charge in [-0.1, -0.05) is 13.8 Å². The second kappa shape index (κ2) is 6.47. The molecule has 0 aliphatic carbocycles. The summed E-state index contributed by atoms with van der Waals surface area (Å²) in [5.74, 6) is -0.883. The first-order valence-electron chi connectivity index (χ1n) is 6.02. The summed E-state index contributed by atoms with van der Waals surface area (Å²) in [5.41, 5.74) is -0.897. The molecule has 2 unspecified atom stereocenters. The van der Waals surface area contributed by atoms with Crippen LogP contribution >= 0.6 is 0 Å². The highest BCUT2D eigenvalue weighted by Crippen LogP contribution is 2.20. The second-order valence-electron chi connectivity index (χ2n) is 4.75. The van der Waals surface area contributed by atoms with Gasteiger partial charge in [0.25, 0.3) is 0 Å². The quantitative estimate of drug-likeness (QED) is 0.750. The average Bonchev–Trinajstić information content (AvgIpc) is 2.33. The molecule has 0 rings (SSSR count). The van der Waals surface area contributed by atoms with Crippen LogP contribution in [-0.4, -0.2) is 41.6 Å². The van der Waals surface area contributed by atoms with Crippen LogP contribution in [0.4, 0.5) is 4.79 Å². The maximum absolute atomic E-state index is 11.8. The minimum absolute atomic E-state index is 0.146. The van der Waals surface area contributed by atoms with Crippen LogP contribution in [0.5, 0.6) is 0 Å². The predicted octanol–water partition coefficient (Wildman–Crippen LogP) is 1.93. The summed E-state index contributed by atoms with van der Waals surface area (Å²) < 4.78 is 0. The van der Waals surface area contributed by atoms with E-state index in [1.54, 1.807) is 25.8 Å². The Kier molecular flexibility index (Phi) is 5.99. The van der Waals surface area contributed by atoms with Crippen molar-refractivity contribution in [2.45, 2.75) is 46.6 Å². The van der Waals surface area contributed by atoms with Crippen molar-refractivity contribution in [1.82, 2.24) is 10.2 Å². The first-order valence-corrected chi connectivity index (χ1v) is 6.02. The lowest BCUT2D eigenvalue weighted by Crippen LogP contribution is -2.47. The minimum Gasteiger partial charge on any atom is -0.481 e.